The van der Waals surface area contributed by atoms with Crippen molar-refractivity contribution >= 4 is 17.9 Å². The van der Waals surface area contributed by atoms with Gasteiger partial charge in [0.15, 0.2) is 0 Å². The summed E-state index contributed by atoms with van der Waals surface area (Å²) in [4.78, 5) is 27.8. The third kappa shape index (κ3) is 4.30. The number of para-hydroxylation sites is 1. The van der Waals surface area contributed by atoms with E-state index in [1.165, 1.54) is 12.3 Å². The first kappa shape index (κ1) is 18.1. The van der Waals surface area contributed by atoms with Gasteiger partial charge >= 0.3 is 0 Å². The van der Waals surface area contributed by atoms with Crippen LogP contribution in [-0.4, -0.2) is 21.4 Å². The number of amides is 2. The van der Waals surface area contributed by atoms with Crippen molar-refractivity contribution in [2.24, 2.45) is 0 Å². The number of hydrogen-bond acceptors (Lipinski definition) is 3. The van der Waals surface area contributed by atoms with E-state index in [0.717, 1.165) is 22.6 Å². The van der Waals surface area contributed by atoms with Gasteiger partial charge in [-0.25, -0.2) is 0 Å². The fraction of sp³-hybridized carbons (Fsp3) is 0.0952. The summed E-state index contributed by atoms with van der Waals surface area (Å²) in [5, 5.41) is 0. The van der Waals surface area contributed by atoms with Crippen LogP contribution in [0.4, 0.5) is 0 Å². The predicted octanol–water partition coefficient (Wildman–Crippen LogP) is 2.96. The second-order valence-electron chi connectivity index (χ2n) is 5.99. The summed E-state index contributed by atoms with van der Waals surface area (Å²) in [5.74, 6) is -0.900. The van der Waals surface area contributed by atoms with Gasteiger partial charge in [-0.15, -0.1) is 0 Å². The average Bonchev–Trinajstić information content (AvgIpc) is 2.99. The summed E-state index contributed by atoms with van der Waals surface area (Å²) in [6.45, 7) is 4.02. The van der Waals surface area contributed by atoms with Crippen LogP contribution in [0.25, 0.3) is 11.8 Å². The second kappa shape index (κ2) is 8.14. The predicted molar refractivity (Wildman–Crippen MR) is 104 cm³/mol. The van der Waals surface area contributed by atoms with Gasteiger partial charge in [-0.3, -0.25) is 25.4 Å². The molecule has 0 aliphatic rings. The maximum Gasteiger partial charge on any atom is 0.288 e. The highest BCUT2D eigenvalue weighted by molar-refractivity contribution is 5.96. The van der Waals surface area contributed by atoms with Crippen molar-refractivity contribution in [3.05, 3.63) is 89.5 Å². The number of nitrogens with one attached hydrogen (secondary N) is 2. The van der Waals surface area contributed by atoms with Crippen LogP contribution in [0.2, 0.25) is 0 Å². The van der Waals surface area contributed by atoms with Crippen LogP contribution < -0.4 is 10.9 Å². The molecule has 0 aliphatic carbocycles. The normalized spacial score (nSPS) is 10.7. The molecule has 0 saturated carbocycles. The number of carbonyl (C=O) groups excluding carboxylic acids is 2. The van der Waals surface area contributed by atoms with Gasteiger partial charge in [-0.05, 0) is 55.8 Å². The van der Waals surface area contributed by atoms with E-state index in [0.29, 0.717) is 0 Å². The zero-order valence-corrected chi connectivity index (χ0v) is 15.1. The Kier molecular flexibility index (Phi) is 5.47. The number of benzene rings is 1. The molecule has 0 bridgehead atoms. The molecule has 0 atom stereocenters. The fourth-order valence-electron chi connectivity index (χ4n) is 2.82. The van der Waals surface area contributed by atoms with Crippen LogP contribution in [0.5, 0.6) is 0 Å². The maximum absolute atomic E-state index is 12.0. The van der Waals surface area contributed by atoms with Gasteiger partial charge in [-0.2, -0.15) is 0 Å². The monoisotopic (exact) mass is 360 g/mol. The minimum atomic E-state index is -0.473. The minimum absolute atomic E-state index is 0.230. The molecule has 0 spiro atoms. The van der Waals surface area contributed by atoms with Crippen LogP contribution in [0.1, 0.15) is 27.4 Å². The molecule has 0 unspecified atom stereocenters. The third-order valence-electron chi connectivity index (χ3n) is 4.10. The standard InChI is InChI=1S/C21H20N4O2/c1-15-14-17(16(2)25(15)18-8-4-3-5-9-18)11-12-20(26)23-24-21(27)19-10-6-7-13-22-19/h3-14H,1-2H3,(H,23,26)(H,24,27)/b12-11+. The molecule has 6 heteroatoms. The Bertz CT molecular complexity index is 976. The second-order valence-corrected chi connectivity index (χ2v) is 5.99. The highest BCUT2D eigenvalue weighted by atomic mass is 16.2. The quantitative estimate of drug-likeness (QED) is 0.555. The number of hydrazine groups is 1. The first-order chi connectivity index (χ1) is 13.1. The number of carbonyl (C=O) groups is 2. The zero-order valence-electron chi connectivity index (χ0n) is 15.1. The molecule has 0 aliphatic heterocycles. The molecule has 6 nitrogen and oxygen atoms in total. The van der Waals surface area contributed by atoms with Gasteiger partial charge < -0.3 is 4.57 Å². The number of hydrogen-bond donors (Lipinski definition) is 2. The highest BCUT2D eigenvalue weighted by Crippen LogP contribution is 2.21. The van der Waals surface area contributed by atoms with E-state index < -0.39 is 11.8 Å². The third-order valence-corrected chi connectivity index (χ3v) is 4.10. The molecule has 0 radical (unpaired) electrons. The lowest BCUT2D eigenvalue weighted by Gasteiger charge is -2.09. The van der Waals surface area contributed by atoms with Gasteiger partial charge in [0.2, 0.25) is 0 Å². The molecule has 136 valence electrons. The summed E-state index contributed by atoms with van der Waals surface area (Å²) >= 11 is 0. The molecule has 0 saturated heterocycles. The molecular weight excluding hydrogens is 340 g/mol. The molecule has 1 aromatic carbocycles. The van der Waals surface area contributed by atoms with Crippen molar-refractivity contribution in [1.29, 1.82) is 0 Å². The van der Waals surface area contributed by atoms with E-state index in [-0.39, 0.29) is 5.69 Å². The molecule has 2 heterocycles. The SMILES string of the molecule is Cc1cc(/C=C/C(=O)NNC(=O)c2ccccn2)c(C)n1-c1ccccc1. The first-order valence-corrected chi connectivity index (χ1v) is 8.50. The Morgan fingerprint density at radius 2 is 1.74 bits per heavy atom. The summed E-state index contributed by atoms with van der Waals surface area (Å²) in [6.07, 6.45) is 4.62. The van der Waals surface area contributed by atoms with Crippen LogP contribution >= 0.6 is 0 Å². The van der Waals surface area contributed by atoms with Gasteiger partial charge in [0.25, 0.3) is 11.8 Å². The Labute approximate surface area is 157 Å². The lowest BCUT2D eigenvalue weighted by atomic mass is 10.2. The van der Waals surface area contributed by atoms with Crippen LogP contribution in [0, 0.1) is 13.8 Å². The smallest absolute Gasteiger partial charge is 0.288 e. The Balaban J connectivity index is 1.66. The summed E-state index contributed by atoms with van der Waals surface area (Å²) in [5.41, 5.74) is 9.02. The number of nitrogens with zero attached hydrogens (tertiary/aromatic N) is 2. The Morgan fingerprint density at radius 1 is 1.00 bits per heavy atom. The Hall–Kier alpha value is -3.67. The van der Waals surface area contributed by atoms with Gasteiger partial charge in [0.05, 0.1) is 0 Å². The summed E-state index contributed by atoms with van der Waals surface area (Å²) in [7, 11) is 0. The van der Waals surface area contributed by atoms with E-state index >= 15 is 0 Å². The summed E-state index contributed by atoms with van der Waals surface area (Å²) in [6, 6.07) is 17.0. The van der Waals surface area contributed by atoms with E-state index in [1.54, 1.807) is 24.3 Å². The number of rotatable bonds is 4. The fourth-order valence-corrected chi connectivity index (χ4v) is 2.82. The van der Waals surface area contributed by atoms with Gasteiger partial charge in [0.1, 0.15) is 5.69 Å². The van der Waals surface area contributed by atoms with E-state index in [2.05, 4.69) is 20.4 Å². The zero-order chi connectivity index (χ0) is 19.2. The van der Waals surface area contributed by atoms with E-state index in [4.69, 9.17) is 0 Å². The molecule has 2 amide bonds. The number of aryl methyl sites for hydroxylation is 1. The first-order valence-electron chi connectivity index (χ1n) is 8.50. The minimum Gasteiger partial charge on any atom is -0.318 e. The molecule has 27 heavy (non-hydrogen) atoms. The van der Waals surface area contributed by atoms with Crippen molar-refractivity contribution in [3.8, 4) is 5.69 Å². The van der Waals surface area contributed by atoms with Gasteiger partial charge in [0, 0.05) is 29.3 Å². The van der Waals surface area contributed by atoms with Crippen LogP contribution in [0.15, 0.2) is 66.9 Å². The number of aromatic nitrogens is 2. The van der Waals surface area contributed by atoms with Crippen molar-refractivity contribution in [3.63, 3.8) is 0 Å². The van der Waals surface area contributed by atoms with Crippen LogP contribution in [0.3, 0.4) is 0 Å². The van der Waals surface area contributed by atoms with Crippen LogP contribution in [-0.2, 0) is 4.79 Å². The Morgan fingerprint density at radius 3 is 2.44 bits per heavy atom. The van der Waals surface area contributed by atoms with Crippen molar-refractivity contribution in [2.75, 3.05) is 0 Å². The van der Waals surface area contributed by atoms with Crippen molar-refractivity contribution in [2.45, 2.75) is 13.8 Å². The molecule has 3 rings (SSSR count). The summed E-state index contributed by atoms with van der Waals surface area (Å²) < 4.78 is 2.13. The maximum atomic E-state index is 12.0. The largest absolute Gasteiger partial charge is 0.318 e. The lowest BCUT2D eigenvalue weighted by Crippen LogP contribution is -2.41. The van der Waals surface area contributed by atoms with Crippen molar-refractivity contribution in [1.82, 2.24) is 20.4 Å². The molecular formula is C21H20N4O2. The van der Waals surface area contributed by atoms with Gasteiger partial charge in [-0.1, -0.05) is 24.3 Å². The molecule has 3 aromatic rings. The molecule has 0 fully saturated rings. The topological polar surface area (TPSA) is 76.0 Å². The average molecular weight is 360 g/mol. The lowest BCUT2D eigenvalue weighted by molar-refractivity contribution is -0.117. The van der Waals surface area contributed by atoms with E-state index in [9.17, 15) is 9.59 Å². The van der Waals surface area contributed by atoms with Crippen molar-refractivity contribution < 1.29 is 9.59 Å². The van der Waals surface area contributed by atoms with E-state index in [1.807, 2.05) is 50.2 Å². The highest BCUT2D eigenvalue weighted by Gasteiger charge is 2.09. The molecule has 2 aromatic heterocycles. The number of pyridine rings is 1. The molecule has 2 N–H and O–H groups in total.